The SMILES string of the molecule is CC1CCCN1C1CCN(c2ccc(NC(=O)C3CCOCC3)cc2)C1. The van der Waals surface area contributed by atoms with Crippen LogP contribution in [0.1, 0.15) is 39.0 Å². The first-order valence-corrected chi connectivity index (χ1v) is 10.2. The number of benzene rings is 1. The van der Waals surface area contributed by atoms with Crippen LogP contribution >= 0.6 is 0 Å². The number of likely N-dealkylation sites (tertiary alicyclic amines) is 1. The number of carbonyl (C=O) groups excluding carboxylic acids is 1. The zero-order chi connectivity index (χ0) is 17.9. The molecule has 4 rings (SSSR count). The Kier molecular flexibility index (Phi) is 5.46. The molecule has 142 valence electrons. The number of rotatable bonds is 4. The van der Waals surface area contributed by atoms with Gasteiger partial charge in [-0.15, -0.1) is 0 Å². The Labute approximate surface area is 156 Å². The minimum atomic E-state index is 0.0882. The fraction of sp³-hybridized carbons (Fsp3) is 0.667. The monoisotopic (exact) mass is 357 g/mol. The van der Waals surface area contributed by atoms with Crippen LogP contribution in [0.4, 0.5) is 11.4 Å². The van der Waals surface area contributed by atoms with Gasteiger partial charge in [0, 0.05) is 55.7 Å². The number of ether oxygens (including phenoxy) is 1. The number of hydrogen-bond acceptors (Lipinski definition) is 4. The van der Waals surface area contributed by atoms with Gasteiger partial charge in [-0.1, -0.05) is 0 Å². The van der Waals surface area contributed by atoms with Crippen molar-refractivity contribution in [3.05, 3.63) is 24.3 Å². The molecule has 1 aromatic rings. The summed E-state index contributed by atoms with van der Waals surface area (Å²) in [7, 11) is 0. The standard InChI is InChI=1S/C21H31N3O2/c1-16-3-2-11-24(16)20-8-12-23(15-20)19-6-4-18(5-7-19)22-21(25)17-9-13-26-14-10-17/h4-7,16-17,20H,2-3,8-15H2,1H3,(H,22,25). The highest BCUT2D eigenvalue weighted by atomic mass is 16.5. The first-order chi connectivity index (χ1) is 12.7. The van der Waals surface area contributed by atoms with Crippen molar-refractivity contribution in [2.24, 2.45) is 5.92 Å². The summed E-state index contributed by atoms with van der Waals surface area (Å²) in [5.74, 6) is 0.218. The lowest BCUT2D eigenvalue weighted by Crippen LogP contribution is -2.39. The molecule has 1 amide bonds. The lowest BCUT2D eigenvalue weighted by atomic mass is 9.99. The van der Waals surface area contributed by atoms with E-state index in [1.807, 2.05) is 12.1 Å². The fourth-order valence-corrected chi connectivity index (χ4v) is 4.70. The lowest BCUT2D eigenvalue weighted by molar-refractivity contribution is -0.122. The van der Waals surface area contributed by atoms with E-state index in [9.17, 15) is 4.79 Å². The number of nitrogens with zero attached hydrogens (tertiary/aromatic N) is 2. The van der Waals surface area contributed by atoms with Crippen molar-refractivity contribution in [1.82, 2.24) is 4.90 Å². The Hall–Kier alpha value is -1.59. The summed E-state index contributed by atoms with van der Waals surface area (Å²) in [5, 5.41) is 3.07. The summed E-state index contributed by atoms with van der Waals surface area (Å²) in [5.41, 5.74) is 2.16. The molecule has 3 saturated heterocycles. The first-order valence-electron chi connectivity index (χ1n) is 10.2. The molecule has 0 radical (unpaired) electrons. The van der Waals surface area contributed by atoms with Gasteiger partial charge in [-0.05, 0) is 69.8 Å². The van der Waals surface area contributed by atoms with Gasteiger partial charge >= 0.3 is 0 Å². The molecule has 1 aromatic carbocycles. The summed E-state index contributed by atoms with van der Waals surface area (Å²) in [6.07, 6.45) is 5.60. The second-order valence-corrected chi connectivity index (χ2v) is 8.04. The minimum Gasteiger partial charge on any atom is -0.381 e. The zero-order valence-electron chi connectivity index (χ0n) is 15.8. The van der Waals surface area contributed by atoms with Gasteiger partial charge in [0.25, 0.3) is 0 Å². The molecular formula is C21H31N3O2. The van der Waals surface area contributed by atoms with E-state index >= 15 is 0 Å². The summed E-state index contributed by atoms with van der Waals surface area (Å²) in [6.45, 7) is 7.27. The summed E-state index contributed by atoms with van der Waals surface area (Å²) in [6, 6.07) is 9.81. The number of nitrogens with one attached hydrogen (secondary N) is 1. The van der Waals surface area contributed by atoms with Gasteiger partial charge in [0.05, 0.1) is 0 Å². The van der Waals surface area contributed by atoms with E-state index in [2.05, 4.69) is 34.2 Å². The maximum atomic E-state index is 12.3. The average Bonchev–Trinajstić information content (AvgIpc) is 3.32. The third-order valence-electron chi connectivity index (χ3n) is 6.33. The van der Waals surface area contributed by atoms with Crippen molar-refractivity contribution in [3.63, 3.8) is 0 Å². The Morgan fingerprint density at radius 1 is 1.08 bits per heavy atom. The molecule has 3 heterocycles. The van der Waals surface area contributed by atoms with Gasteiger partial charge in [-0.2, -0.15) is 0 Å². The van der Waals surface area contributed by atoms with Crippen LogP contribution in [0.25, 0.3) is 0 Å². The molecule has 26 heavy (non-hydrogen) atoms. The zero-order valence-corrected chi connectivity index (χ0v) is 15.8. The number of hydrogen-bond donors (Lipinski definition) is 1. The van der Waals surface area contributed by atoms with Crippen molar-refractivity contribution in [2.45, 2.75) is 51.1 Å². The van der Waals surface area contributed by atoms with E-state index in [1.165, 1.54) is 31.5 Å². The van der Waals surface area contributed by atoms with Gasteiger partial charge in [-0.3, -0.25) is 9.69 Å². The average molecular weight is 357 g/mol. The van der Waals surface area contributed by atoms with Gasteiger partial charge < -0.3 is 15.0 Å². The normalized spacial score (nSPS) is 27.8. The van der Waals surface area contributed by atoms with Crippen LogP contribution in [-0.2, 0) is 9.53 Å². The molecule has 0 aromatic heterocycles. The van der Waals surface area contributed by atoms with E-state index in [4.69, 9.17) is 4.74 Å². The quantitative estimate of drug-likeness (QED) is 0.899. The van der Waals surface area contributed by atoms with Crippen molar-refractivity contribution in [2.75, 3.05) is 43.1 Å². The third kappa shape index (κ3) is 3.89. The molecule has 3 fully saturated rings. The summed E-state index contributed by atoms with van der Waals surface area (Å²) < 4.78 is 5.34. The van der Waals surface area contributed by atoms with Crippen molar-refractivity contribution in [3.8, 4) is 0 Å². The molecule has 3 aliphatic rings. The lowest BCUT2D eigenvalue weighted by Gasteiger charge is -2.28. The molecule has 0 spiro atoms. The Bertz CT molecular complexity index is 612. The summed E-state index contributed by atoms with van der Waals surface area (Å²) >= 11 is 0. The number of carbonyl (C=O) groups is 1. The first kappa shape index (κ1) is 17.8. The van der Waals surface area contributed by atoms with Gasteiger partial charge in [0.1, 0.15) is 0 Å². The maximum absolute atomic E-state index is 12.3. The van der Waals surface area contributed by atoms with Gasteiger partial charge in [0.15, 0.2) is 0 Å². The molecule has 1 N–H and O–H groups in total. The largest absolute Gasteiger partial charge is 0.381 e. The highest BCUT2D eigenvalue weighted by Gasteiger charge is 2.32. The predicted octanol–water partition coefficient (Wildman–Crippen LogP) is 3.11. The number of anilines is 2. The van der Waals surface area contributed by atoms with E-state index in [1.54, 1.807) is 0 Å². The van der Waals surface area contributed by atoms with Crippen LogP contribution in [-0.4, -0.2) is 55.7 Å². The molecule has 2 unspecified atom stereocenters. The fourth-order valence-electron chi connectivity index (χ4n) is 4.70. The van der Waals surface area contributed by atoms with Crippen molar-refractivity contribution < 1.29 is 9.53 Å². The van der Waals surface area contributed by atoms with Gasteiger partial charge in [-0.25, -0.2) is 0 Å². The van der Waals surface area contributed by atoms with Crippen LogP contribution in [0.3, 0.4) is 0 Å². The van der Waals surface area contributed by atoms with E-state index < -0.39 is 0 Å². The molecule has 5 heteroatoms. The third-order valence-corrected chi connectivity index (χ3v) is 6.33. The van der Waals surface area contributed by atoms with E-state index in [0.29, 0.717) is 19.3 Å². The van der Waals surface area contributed by atoms with E-state index in [0.717, 1.165) is 37.7 Å². The molecule has 5 nitrogen and oxygen atoms in total. The Morgan fingerprint density at radius 3 is 2.54 bits per heavy atom. The summed E-state index contributed by atoms with van der Waals surface area (Å²) in [4.78, 5) is 17.5. The Morgan fingerprint density at radius 2 is 1.85 bits per heavy atom. The molecule has 2 atom stereocenters. The second-order valence-electron chi connectivity index (χ2n) is 8.04. The van der Waals surface area contributed by atoms with Crippen LogP contribution in [0.15, 0.2) is 24.3 Å². The highest BCUT2D eigenvalue weighted by Crippen LogP contribution is 2.29. The second kappa shape index (κ2) is 7.97. The van der Waals surface area contributed by atoms with E-state index in [-0.39, 0.29) is 11.8 Å². The molecule has 0 saturated carbocycles. The smallest absolute Gasteiger partial charge is 0.227 e. The minimum absolute atomic E-state index is 0.0882. The number of amides is 1. The molecular weight excluding hydrogens is 326 g/mol. The van der Waals surface area contributed by atoms with Crippen LogP contribution in [0.2, 0.25) is 0 Å². The molecule has 3 aliphatic heterocycles. The van der Waals surface area contributed by atoms with Crippen LogP contribution < -0.4 is 10.2 Å². The molecule has 0 bridgehead atoms. The maximum Gasteiger partial charge on any atom is 0.227 e. The van der Waals surface area contributed by atoms with Gasteiger partial charge in [0.2, 0.25) is 5.91 Å². The Balaban J connectivity index is 1.32. The predicted molar refractivity (Wildman–Crippen MR) is 105 cm³/mol. The van der Waals surface area contributed by atoms with Crippen LogP contribution in [0, 0.1) is 5.92 Å². The highest BCUT2D eigenvalue weighted by molar-refractivity contribution is 5.92. The topological polar surface area (TPSA) is 44.8 Å². The van der Waals surface area contributed by atoms with Crippen molar-refractivity contribution in [1.29, 1.82) is 0 Å². The van der Waals surface area contributed by atoms with Crippen LogP contribution in [0.5, 0.6) is 0 Å². The van der Waals surface area contributed by atoms with Crippen molar-refractivity contribution >= 4 is 17.3 Å². The molecule has 0 aliphatic carbocycles.